The topological polar surface area (TPSA) is 52.6 Å². The third-order valence-electron chi connectivity index (χ3n) is 10.0. The number of halogens is 3. The van der Waals surface area contributed by atoms with Crippen molar-refractivity contribution in [1.29, 1.82) is 0 Å². The van der Waals surface area contributed by atoms with Crippen LogP contribution in [0.1, 0.15) is 68.3 Å². The van der Waals surface area contributed by atoms with Gasteiger partial charge in [-0.2, -0.15) is 13.2 Å². The molecule has 1 amide bonds. The fourth-order valence-electron chi connectivity index (χ4n) is 8.26. The lowest BCUT2D eigenvalue weighted by atomic mass is 9.48. The Balaban J connectivity index is 1.37. The summed E-state index contributed by atoms with van der Waals surface area (Å²) in [5, 5.41) is 13.4. The molecule has 186 valence electrons. The zero-order valence-electron chi connectivity index (χ0n) is 20.1. The van der Waals surface area contributed by atoms with E-state index < -0.39 is 23.9 Å². The highest BCUT2D eigenvalue weighted by Gasteiger charge is 2.60. The lowest BCUT2D eigenvalue weighted by molar-refractivity contribution is -0.138. The number of aliphatic hydroxyl groups excluding tert-OH is 1. The predicted molar refractivity (Wildman–Crippen MR) is 124 cm³/mol. The molecule has 0 aromatic heterocycles. The van der Waals surface area contributed by atoms with Crippen molar-refractivity contribution in [2.75, 3.05) is 7.05 Å². The van der Waals surface area contributed by atoms with Crippen molar-refractivity contribution in [2.24, 2.45) is 28.6 Å². The number of alkyl halides is 3. The number of carbonyl (C=O) groups is 1. The molecule has 1 aromatic carbocycles. The lowest BCUT2D eigenvalue weighted by Gasteiger charge is -2.61. The SMILES string of the molecule is CN1C(O)C=C[C@]2(C)[C@H]3CC[C@]4(C)[C@@H](NC(=O)c5ccccc5C(F)(F)F)CC[C@H]4[C@@H]3CC[C@@H]12. The van der Waals surface area contributed by atoms with Crippen LogP contribution in [0.2, 0.25) is 0 Å². The zero-order valence-corrected chi connectivity index (χ0v) is 20.1. The molecule has 1 aromatic rings. The average Bonchev–Trinajstić information content (AvgIpc) is 3.12. The molecule has 7 heteroatoms. The van der Waals surface area contributed by atoms with Crippen molar-refractivity contribution in [3.63, 3.8) is 0 Å². The van der Waals surface area contributed by atoms with Gasteiger partial charge < -0.3 is 10.4 Å². The van der Waals surface area contributed by atoms with Gasteiger partial charge in [0, 0.05) is 17.5 Å². The molecule has 3 aliphatic carbocycles. The Morgan fingerprint density at radius 3 is 2.56 bits per heavy atom. The Labute approximate surface area is 199 Å². The first kappa shape index (κ1) is 23.9. The van der Waals surface area contributed by atoms with Crippen molar-refractivity contribution >= 4 is 5.91 Å². The van der Waals surface area contributed by atoms with Gasteiger partial charge in [0.2, 0.25) is 0 Å². The Morgan fingerprint density at radius 2 is 1.82 bits per heavy atom. The Morgan fingerprint density at radius 1 is 1.09 bits per heavy atom. The van der Waals surface area contributed by atoms with E-state index in [-0.39, 0.29) is 22.4 Å². The van der Waals surface area contributed by atoms with Gasteiger partial charge in [-0.15, -0.1) is 0 Å². The normalized spacial score (nSPS) is 42.0. The van der Waals surface area contributed by atoms with Gasteiger partial charge in [-0.05, 0) is 87.0 Å². The van der Waals surface area contributed by atoms with Crippen LogP contribution in [0.3, 0.4) is 0 Å². The number of likely N-dealkylation sites (N-methyl/N-ethyl adjacent to an activating group) is 1. The molecule has 3 fully saturated rings. The fourth-order valence-corrected chi connectivity index (χ4v) is 8.26. The van der Waals surface area contributed by atoms with E-state index in [4.69, 9.17) is 0 Å². The molecule has 0 saturated heterocycles. The lowest BCUT2D eigenvalue weighted by Crippen LogP contribution is -2.61. The van der Waals surface area contributed by atoms with Gasteiger partial charge >= 0.3 is 6.18 Å². The van der Waals surface area contributed by atoms with Crippen LogP contribution >= 0.6 is 0 Å². The maximum atomic E-state index is 13.5. The van der Waals surface area contributed by atoms with Crippen molar-refractivity contribution in [3.05, 3.63) is 47.5 Å². The molecule has 0 bridgehead atoms. The Hall–Kier alpha value is -1.86. The largest absolute Gasteiger partial charge is 0.417 e. The summed E-state index contributed by atoms with van der Waals surface area (Å²) in [7, 11) is 2.00. The molecule has 4 nitrogen and oxygen atoms in total. The number of rotatable bonds is 2. The quantitative estimate of drug-likeness (QED) is 0.575. The number of hydrogen-bond donors (Lipinski definition) is 2. The molecular formula is C27H35F3N2O2. The van der Waals surface area contributed by atoms with E-state index in [1.165, 1.54) is 18.2 Å². The maximum Gasteiger partial charge on any atom is 0.417 e. The third-order valence-corrected chi connectivity index (χ3v) is 10.0. The first-order chi connectivity index (χ1) is 16.0. The molecule has 1 heterocycles. The van der Waals surface area contributed by atoms with Crippen LogP contribution in [0.5, 0.6) is 0 Å². The molecule has 34 heavy (non-hydrogen) atoms. The molecule has 0 radical (unpaired) electrons. The first-order valence-electron chi connectivity index (χ1n) is 12.5. The minimum absolute atomic E-state index is 0.00517. The van der Waals surface area contributed by atoms with Crippen LogP contribution in [0.15, 0.2) is 36.4 Å². The number of fused-ring (bicyclic) bond motifs is 5. The average molecular weight is 477 g/mol. The summed E-state index contributed by atoms with van der Waals surface area (Å²) >= 11 is 0. The van der Waals surface area contributed by atoms with E-state index >= 15 is 0 Å². The van der Waals surface area contributed by atoms with Gasteiger partial charge in [0.05, 0.1) is 11.1 Å². The summed E-state index contributed by atoms with van der Waals surface area (Å²) in [6.07, 6.45) is 4.96. The van der Waals surface area contributed by atoms with Gasteiger partial charge in [-0.3, -0.25) is 9.69 Å². The number of amides is 1. The third kappa shape index (κ3) is 3.53. The number of nitrogens with zero attached hydrogens (tertiary/aromatic N) is 1. The summed E-state index contributed by atoms with van der Waals surface area (Å²) in [5.74, 6) is 0.856. The van der Waals surface area contributed by atoms with Gasteiger partial charge in [-0.1, -0.05) is 32.1 Å². The highest BCUT2D eigenvalue weighted by molar-refractivity contribution is 5.96. The summed E-state index contributed by atoms with van der Waals surface area (Å²) in [6.45, 7) is 4.57. The second-order valence-corrected chi connectivity index (χ2v) is 11.5. The number of carbonyl (C=O) groups excluding carboxylic acids is 1. The second kappa shape index (κ2) is 8.09. The minimum Gasteiger partial charge on any atom is -0.375 e. The molecule has 4 aliphatic rings. The highest BCUT2D eigenvalue weighted by atomic mass is 19.4. The first-order valence-corrected chi connectivity index (χ1v) is 12.5. The molecule has 3 saturated carbocycles. The summed E-state index contributed by atoms with van der Waals surface area (Å²) in [5.41, 5.74) is -1.28. The minimum atomic E-state index is -4.56. The number of aliphatic hydroxyl groups is 1. The van der Waals surface area contributed by atoms with Crippen molar-refractivity contribution in [2.45, 2.75) is 76.9 Å². The molecule has 1 aliphatic heterocycles. The van der Waals surface area contributed by atoms with Gasteiger partial charge in [0.1, 0.15) is 6.23 Å². The van der Waals surface area contributed by atoms with Crippen LogP contribution in [0, 0.1) is 28.6 Å². The second-order valence-electron chi connectivity index (χ2n) is 11.5. The van der Waals surface area contributed by atoms with E-state index in [0.717, 1.165) is 44.6 Å². The van der Waals surface area contributed by atoms with E-state index in [2.05, 4.69) is 30.1 Å². The fraction of sp³-hybridized carbons (Fsp3) is 0.667. The van der Waals surface area contributed by atoms with Crippen LogP contribution in [-0.4, -0.2) is 41.3 Å². The van der Waals surface area contributed by atoms with Gasteiger partial charge in [0.25, 0.3) is 5.91 Å². The van der Waals surface area contributed by atoms with Crippen molar-refractivity contribution in [1.82, 2.24) is 10.2 Å². The van der Waals surface area contributed by atoms with Crippen LogP contribution in [0.4, 0.5) is 13.2 Å². The number of benzene rings is 1. The Kier molecular flexibility index (Phi) is 5.68. The predicted octanol–water partition coefficient (Wildman–Crippen LogP) is 5.24. The van der Waals surface area contributed by atoms with Crippen molar-refractivity contribution < 1.29 is 23.1 Å². The van der Waals surface area contributed by atoms with E-state index in [1.54, 1.807) is 0 Å². The summed E-state index contributed by atoms with van der Waals surface area (Å²) in [6, 6.07) is 5.24. The molecular weight excluding hydrogens is 441 g/mol. The van der Waals surface area contributed by atoms with Crippen LogP contribution < -0.4 is 5.32 Å². The van der Waals surface area contributed by atoms with E-state index in [0.29, 0.717) is 23.8 Å². The number of nitrogens with one attached hydrogen (secondary N) is 1. The van der Waals surface area contributed by atoms with Crippen molar-refractivity contribution in [3.8, 4) is 0 Å². The summed E-state index contributed by atoms with van der Waals surface area (Å²) < 4.78 is 40.4. The molecule has 8 atom stereocenters. The zero-order chi connectivity index (χ0) is 24.5. The summed E-state index contributed by atoms with van der Waals surface area (Å²) in [4.78, 5) is 15.1. The van der Waals surface area contributed by atoms with Gasteiger partial charge in [-0.25, -0.2) is 0 Å². The standard InChI is InChI=1S/C27H35F3N2O2/c1-25-14-12-19-16(8-11-22-26(19,2)15-13-23(33)32(22)3)18(25)9-10-21(25)31-24(34)17-6-4-5-7-20(17)27(28,29)30/h4-7,13,15-16,18-19,21-23,33H,8-12,14H2,1-3H3,(H,31,34)/t16-,18-,19-,21-,22+,23?,25-,26+/m0/s1. The highest BCUT2D eigenvalue weighted by Crippen LogP contribution is 2.64. The van der Waals surface area contributed by atoms with E-state index in [1.807, 2.05) is 13.1 Å². The molecule has 0 spiro atoms. The van der Waals surface area contributed by atoms with Crippen LogP contribution in [-0.2, 0) is 6.18 Å². The van der Waals surface area contributed by atoms with Crippen LogP contribution in [0.25, 0.3) is 0 Å². The van der Waals surface area contributed by atoms with E-state index in [9.17, 15) is 23.1 Å². The molecule has 5 rings (SSSR count). The monoisotopic (exact) mass is 476 g/mol. The smallest absolute Gasteiger partial charge is 0.375 e. The Bertz CT molecular complexity index is 994. The maximum absolute atomic E-state index is 13.5. The molecule has 2 N–H and O–H groups in total. The molecule has 1 unspecified atom stereocenters. The number of hydrogen-bond acceptors (Lipinski definition) is 3. The van der Waals surface area contributed by atoms with Gasteiger partial charge in [0.15, 0.2) is 0 Å².